The molecule has 0 saturated carbocycles. The molecule has 0 unspecified atom stereocenters. The van der Waals surface area contributed by atoms with Gasteiger partial charge in [0.1, 0.15) is 11.6 Å². The highest BCUT2D eigenvalue weighted by Crippen LogP contribution is 2.38. The van der Waals surface area contributed by atoms with Crippen molar-refractivity contribution in [2.75, 3.05) is 17.7 Å². The molecule has 9 heteroatoms. The van der Waals surface area contributed by atoms with Gasteiger partial charge in [0.2, 0.25) is 0 Å². The monoisotopic (exact) mass is 480 g/mol. The van der Waals surface area contributed by atoms with E-state index in [1.807, 2.05) is 18.5 Å². The van der Waals surface area contributed by atoms with Crippen LogP contribution in [0.15, 0.2) is 47.1 Å². The number of halogens is 3. The number of hydrogen-bond donors (Lipinski definition) is 2. The number of methoxy groups -OCH3 is 1. The third-order valence-electron chi connectivity index (χ3n) is 4.13. The van der Waals surface area contributed by atoms with Gasteiger partial charge in [-0.1, -0.05) is 11.6 Å². The van der Waals surface area contributed by atoms with Crippen LogP contribution in [0, 0.1) is 5.82 Å². The summed E-state index contributed by atoms with van der Waals surface area (Å²) >= 11 is 9.29. The van der Waals surface area contributed by atoms with Gasteiger partial charge in [0.05, 0.1) is 28.5 Å². The molecule has 0 saturated heterocycles. The van der Waals surface area contributed by atoms with Crippen molar-refractivity contribution >= 4 is 44.9 Å². The van der Waals surface area contributed by atoms with Crippen LogP contribution in [0.3, 0.4) is 0 Å². The van der Waals surface area contributed by atoms with Crippen LogP contribution in [0.5, 0.6) is 5.75 Å². The molecule has 0 atom stereocenters. The molecule has 0 spiro atoms. The second kappa shape index (κ2) is 8.84. The Morgan fingerprint density at radius 3 is 2.48 bits per heavy atom. The highest BCUT2D eigenvalue weighted by atomic mass is 79.9. The number of aromatic nitrogens is 2. The van der Waals surface area contributed by atoms with Crippen LogP contribution in [0.1, 0.15) is 19.9 Å². The number of hydrogen-bond acceptors (Lipinski definition) is 3. The molecule has 2 aromatic carbocycles. The van der Waals surface area contributed by atoms with Crippen LogP contribution < -0.4 is 15.4 Å². The number of carbonyl (C=O) groups excluding carboxylic acids is 1. The van der Waals surface area contributed by atoms with E-state index >= 15 is 0 Å². The molecular weight excluding hydrogens is 463 g/mol. The Morgan fingerprint density at radius 1 is 1.21 bits per heavy atom. The Kier molecular flexibility index (Phi) is 6.44. The van der Waals surface area contributed by atoms with Gasteiger partial charge in [-0.2, -0.15) is 5.10 Å². The lowest BCUT2D eigenvalue weighted by Gasteiger charge is -2.16. The second-order valence-electron chi connectivity index (χ2n) is 6.50. The first-order valence-electron chi connectivity index (χ1n) is 8.74. The fourth-order valence-corrected chi connectivity index (χ4v) is 3.49. The smallest absolute Gasteiger partial charge is 0.323 e. The number of nitrogens with zero attached hydrogens (tertiary/aromatic N) is 2. The van der Waals surface area contributed by atoms with Gasteiger partial charge in [0, 0.05) is 23.0 Å². The van der Waals surface area contributed by atoms with Crippen molar-refractivity contribution < 1.29 is 13.9 Å². The number of urea groups is 1. The van der Waals surface area contributed by atoms with Crippen LogP contribution in [0.25, 0.3) is 11.3 Å². The number of amides is 2. The summed E-state index contributed by atoms with van der Waals surface area (Å²) in [6.07, 6.45) is 1.72. The summed E-state index contributed by atoms with van der Waals surface area (Å²) < 4.78 is 21.5. The molecule has 2 amide bonds. The molecule has 29 heavy (non-hydrogen) atoms. The summed E-state index contributed by atoms with van der Waals surface area (Å²) in [7, 11) is 1.58. The van der Waals surface area contributed by atoms with Crippen molar-refractivity contribution in [1.29, 1.82) is 0 Å². The first-order chi connectivity index (χ1) is 13.8. The normalized spacial score (nSPS) is 10.9. The first kappa shape index (κ1) is 21.1. The number of anilines is 2. The van der Waals surface area contributed by atoms with E-state index in [1.165, 1.54) is 18.2 Å². The van der Waals surface area contributed by atoms with Crippen LogP contribution in [-0.4, -0.2) is 22.9 Å². The Labute approximate surface area is 181 Å². The van der Waals surface area contributed by atoms with Gasteiger partial charge >= 0.3 is 6.03 Å². The third-order valence-corrected chi connectivity index (χ3v) is 5.00. The molecule has 152 valence electrons. The fraction of sp³-hybridized carbons (Fsp3) is 0.200. The molecule has 1 aromatic heterocycles. The zero-order valence-electron chi connectivity index (χ0n) is 16.0. The summed E-state index contributed by atoms with van der Waals surface area (Å²) in [6, 6.07) is 8.90. The average molecular weight is 482 g/mol. The predicted octanol–water partition coefficient (Wildman–Crippen LogP) is 6.34. The predicted molar refractivity (Wildman–Crippen MR) is 116 cm³/mol. The van der Waals surface area contributed by atoms with Crippen LogP contribution in [-0.2, 0) is 0 Å². The van der Waals surface area contributed by atoms with E-state index in [1.54, 1.807) is 31.5 Å². The minimum atomic E-state index is -0.551. The van der Waals surface area contributed by atoms with E-state index in [0.29, 0.717) is 17.1 Å². The molecule has 0 aliphatic heterocycles. The molecule has 3 aromatic rings. The lowest BCUT2D eigenvalue weighted by Crippen LogP contribution is -2.19. The highest BCUT2D eigenvalue weighted by molar-refractivity contribution is 9.10. The highest BCUT2D eigenvalue weighted by Gasteiger charge is 2.18. The zero-order valence-corrected chi connectivity index (χ0v) is 18.3. The lowest BCUT2D eigenvalue weighted by atomic mass is 10.1. The van der Waals surface area contributed by atoms with E-state index in [9.17, 15) is 9.18 Å². The SMILES string of the molecule is COc1ccc(NC(=O)Nc2ccc(F)c(Cl)c2)cc1-c1c(Br)cnn1C(C)C. The van der Waals surface area contributed by atoms with Crippen molar-refractivity contribution in [1.82, 2.24) is 9.78 Å². The number of rotatable bonds is 5. The van der Waals surface area contributed by atoms with Crippen molar-refractivity contribution in [3.05, 3.63) is 57.9 Å². The topological polar surface area (TPSA) is 68.2 Å². The Bertz CT molecular complexity index is 1050. The Morgan fingerprint density at radius 2 is 1.86 bits per heavy atom. The molecule has 3 rings (SSSR count). The van der Waals surface area contributed by atoms with E-state index in [-0.39, 0.29) is 11.1 Å². The van der Waals surface area contributed by atoms with Crippen LogP contribution >= 0.6 is 27.5 Å². The van der Waals surface area contributed by atoms with Crippen molar-refractivity contribution in [2.24, 2.45) is 0 Å². The average Bonchev–Trinajstić information content (AvgIpc) is 3.06. The van der Waals surface area contributed by atoms with Crippen LogP contribution in [0.4, 0.5) is 20.6 Å². The standard InChI is InChI=1S/C20H19BrClFN4O2/c1-11(2)27-19(15(21)10-24-27)14-8-12(5-7-18(14)29-3)25-20(28)26-13-4-6-17(23)16(22)9-13/h4-11H,1-3H3,(H2,25,26,28). The number of benzene rings is 2. The van der Waals surface area contributed by atoms with Gasteiger partial charge in [-0.25, -0.2) is 9.18 Å². The zero-order chi connectivity index (χ0) is 21.1. The number of carbonyl (C=O) groups is 1. The fourth-order valence-electron chi connectivity index (χ4n) is 2.82. The molecule has 1 heterocycles. The molecule has 0 fully saturated rings. The Hall–Kier alpha value is -2.58. The molecule has 0 bridgehead atoms. The Balaban J connectivity index is 1.88. The van der Waals surface area contributed by atoms with Crippen molar-refractivity contribution in [3.8, 4) is 17.0 Å². The van der Waals surface area contributed by atoms with Crippen molar-refractivity contribution in [2.45, 2.75) is 19.9 Å². The summed E-state index contributed by atoms with van der Waals surface area (Å²) in [4.78, 5) is 12.4. The number of nitrogens with one attached hydrogen (secondary N) is 2. The van der Waals surface area contributed by atoms with E-state index in [0.717, 1.165) is 15.7 Å². The number of ether oxygens (including phenoxy) is 1. The summed E-state index contributed by atoms with van der Waals surface area (Å²) in [5.41, 5.74) is 2.54. The summed E-state index contributed by atoms with van der Waals surface area (Å²) in [6.45, 7) is 4.05. The summed E-state index contributed by atoms with van der Waals surface area (Å²) in [5.74, 6) is 0.0918. The minimum absolute atomic E-state index is 0.0682. The molecule has 6 nitrogen and oxygen atoms in total. The van der Waals surface area contributed by atoms with E-state index in [2.05, 4.69) is 31.7 Å². The maximum Gasteiger partial charge on any atom is 0.323 e. The van der Waals surface area contributed by atoms with E-state index in [4.69, 9.17) is 16.3 Å². The second-order valence-corrected chi connectivity index (χ2v) is 7.76. The van der Waals surface area contributed by atoms with Gasteiger partial charge in [-0.3, -0.25) is 4.68 Å². The largest absolute Gasteiger partial charge is 0.496 e. The van der Waals surface area contributed by atoms with Gasteiger partial charge in [0.25, 0.3) is 0 Å². The quantitative estimate of drug-likeness (QED) is 0.447. The molecule has 2 N–H and O–H groups in total. The minimum Gasteiger partial charge on any atom is -0.496 e. The maximum atomic E-state index is 13.3. The maximum absolute atomic E-state index is 13.3. The summed E-state index contributed by atoms with van der Waals surface area (Å²) in [5, 5.41) is 9.71. The lowest BCUT2D eigenvalue weighted by molar-refractivity contribution is 0.262. The van der Waals surface area contributed by atoms with Gasteiger partial charge < -0.3 is 15.4 Å². The third kappa shape index (κ3) is 4.71. The van der Waals surface area contributed by atoms with Crippen LogP contribution in [0.2, 0.25) is 5.02 Å². The van der Waals surface area contributed by atoms with Gasteiger partial charge in [-0.15, -0.1) is 0 Å². The van der Waals surface area contributed by atoms with Gasteiger partial charge in [0.15, 0.2) is 0 Å². The van der Waals surface area contributed by atoms with Crippen molar-refractivity contribution in [3.63, 3.8) is 0 Å². The first-order valence-corrected chi connectivity index (χ1v) is 9.91. The van der Waals surface area contributed by atoms with E-state index < -0.39 is 11.8 Å². The molecular formula is C20H19BrClFN4O2. The molecule has 0 radical (unpaired) electrons. The molecule has 0 aliphatic rings. The van der Waals surface area contributed by atoms with Gasteiger partial charge in [-0.05, 0) is 66.2 Å². The molecule has 0 aliphatic carbocycles.